The minimum atomic E-state index is 0. The standard InChI is InChI=1S/C17H34N4O2.HI/c1-4-5-6-8-11-18-17(20-14-16(22)21(2)3)19-13-15-10-7-9-12-23-15;/h15H,4-14H2,1-3H3,(H2,18,19,20);1H. The quantitative estimate of drug-likeness (QED) is 0.243. The summed E-state index contributed by atoms with van der Waals surface area (Å²) in [5.74, 6) is 0.719. The third-order valence-corrected chi connectivity index (χ3v) is 3.97. The molecule has 1 rings (SSSR count). The number of likely N-dealkylation sites (N-methyl/N-ethyl adjacent to an activating group) is 1. The van der Waals surface area contributed by atoms with Gasteiger partial charge in [-0.1, -0.05) is 26.2 Å². The van der Waals surface area contributed by atoms with Gasteiger partial charge in [-0.25, -0.2) is 4.99 Å². The molecule has 0 aromatic heterocycles. The Balaban J connectivity index is 0.00000529. The minimum Gasteiger partial charge on any atom is -0.376 e. The molecule has 1 saturated heterocycles. The largest absolute Gasteiger partial charge is 0.376 e. The van der Waals surface area contributed by atoms with Crippen LogP contribution >= 0.6 is 24.0 Å². The first kappa shape index (κ1) is 23.4. The maximum atomic E-state index is 11.7. The molecule has 6 nitrogen and oxygen atoms in total. The summed E-state index contributed by atoms with van der Waals surface area (Å²) in [5, 5.41) is 6.64. The summed E-state index contributed by atoms with van der Waals surface area (Å²) in [7, 11) is 3.50. The van der Waals surface area contributed by atoms with E-state index in [1.807, 2.05) is 0 Å². The van der Waals surface area contributed by atoms with Crippen molar-refractivity contribution in [3.63, 3.8) is 0 Å². The average Bonchev–Trinajstić information content (AvgIpc) is 2.56. The van der Waals surface area contributed by atoms with Crippen molar-refractivity contribution < 1.29 is 9.53 Å². The Kier molecular flexibility index (Phi) is 14.4. The normalized spacial score (nSPS) is 17.8. The van der Waals surface area contributed by atoms with Crippen LogP contribution in [-0.4, -0.2) is 63.2 Å². The number of nitrogens with one attached hydrogen (secondary N) is 2. The molecule has 7 heteroatoms. The van der Waals surface area contributed by atoms with Crippen LogP contribution in [0.5, 0.6) is 0 Å². The van der Waals surface area contributed by atoms with E-state index in [1.54, 1.807) is 19.0 Å². The molecule has 24 heavy (non-hydrogen) atoms. The molecular weight excluding hydrogens is 419 g/mol. The molecule has 1 aliphatic heterocycles. The predicted molar refractivity (Wildman–Crippen MR) is 110 cm³/mol. The molecule has 0 radical (unpaired) electrons. The second-order valence-electron chi connectivity index (χ2n) is 6.31. The fourth-order valence-electron chi connectivity index (χ4n) is 2.40. The van der Waals surface area contributed by atoms with Gasteiger partial charge in [0.25, 0.3) is 0 Å². The van der Waals surface area contributed by atoms with Crippen LogP contribution in [0.3, 0.4) is 0 Å². The first-order chi connectivity index (χ1) is 11.1. The summed E-state index contributed by atoms with van der Waals surface area (Å²) >= 11 is 0. The molecule has 1 fully saturated rings. The van der Waals surface area contributed by atoms with E-state index in [9.17, 15) is 4.79 Å². The summed E-state index contributed by atoms with van der Waals surface area (Å²) in [6.07, 6.45) is 8.56. The third kappa shape index (κ3) is 11.1. The highest BCUT2D eigenvalue weighted by molar-refractivity contribution is 14.0. The van der Waals surface area contributed by atoms with Crippen molar-refractivity contribution in [1.82, 2.24) is 15.5 Å². The van der Waals surface area contributed by atoms with Crippen molar-refractivity contribution in [3.05, 3.63) is 0 Å². The Morgan fingerprint density at radius 3 is 2.62 bits per heavy atom. The van der Waals surface area contributed by atoms with Crippen LogP contribution < -0.4 is 10.6 Å². The van der Waals surface area contributed by atoms with Gasteiger partial charge < -0.3 is 20.3 Å². The highest BCUT2D eigenvalue weighted by Crippen LogP contribution is 2.11. The maximum Gasteiger partial charge on any atom is 0.243 e. The zero-order chi connectivity index (χ0) is 16.9. The highest BCUT2D eigenvalue weighted by Gasteiger charge is 2.14. The number of amides is 1. The highest BCUT2D eigenvalue weighted by atomic mass is 127. The van der Waals surface area contributed by atoms with Crippen LogP contribution in [0.15, 0.2) is 4.99 Å². The fourth-order valence-corrected chi connectivity index (χ4v) is 2.40. The Hall–Kier alpha value is -0.570. The van der Waals surface area contributed by atoms with Crippen LogP contribution in [0.25, 0.3) is 0 Å². The summed E-state index contributed by atoms with van der Waals surface area (Å²) in [4.78, 5) is 17.7. The number of carbonyl (C=O) groups is 1. The summed E-state index contributed by atoms with van der Waals surface area (Å²) in [5.41, 5.74) is 0. The van der Waals surface area contributed by atoms with Crippen molar-refractivity contribution in [2.75, 3.05) is 40.3 Å². The van der Waals surface area contributed by atoms with Gasteiger partial charge in [0.2, 0.25) is 5.91 Å². The number of unbranched alkanes of at least 4 members (excludes halogenated alkanes) is 3. The molecule has 0 spiro atoms. The van der Waals surface area contributed by atoms with Crippen LogP contribution in [0.2, 0.25) is 0 Å². The lowest BCUT2D eigenvalue weighted by molar-refractivity contribution is -0.127. The molecule has 0 aromatic carbocycles. The van der Waals surface area contributed by atoms with Crippen molar-refractivity contribution in [1.29, 1.82) is 0 Å². The number of hydrogen-bond acceptors (Lipinski definition) is 3. The Bertz CT molecular complexity index is 358. The van der Waals surface area contributed by atoms with Gasteiger partial charge in [-0.15, -0.1) is 24.0 Å². The molecule has 1 heterocycles. The molecule has 1 atom stereocenters. The van der Waals surface area contributed by atoms with Crippen molar-refractivity contribution >= 4 is 35.8 Å². The third-order valence-electron chi connectivity index (χ3n) is 3.97. The van der Waals surface area contributed by atoms with Gasteiger partial charge >= 0.3 is 0 Å². The predicted octanol–water partition coefficient (Wildman–Crippen LogP) is 2.38. The molecule has 2 N–H and O–H groups in total. The SMILES string of the molecule is CCCCCCNC(=NCC(=O)N(C)C)NCC1CCCCO1.I. The van der Waals surface area contributed by atoms with E-state index in [0.29, 0.717) is 5.96 Å². The number of guanidine groups is 1. The molecule has 0 bridgehead atoms. The molecule has 0 aliphatic carbocycles. The lowest BCUT2D eigenvalue weighted by Gasteiger charge is -2.24. The first-order valence-corrected chi connectivity index (χ1v) is 8.97. The summed E-state index contributed by atoms with van der Waals surface area (Å²) in [6, 6.07) is 0. The van der Waals surface area contributed by atoms with Gasteiger partial charge in [0, 0.05) is 33.8 Å². The van der Waals surface area contributed by atoms with Gasteiger partial charge in [0.1, 0.15) is 6.54 Å². The van der Waals surface area contributed by atoms with E-state index in [0.717, 1.165) is 39.0 Å². The first-order valence-electron chi connectivity index (χ1n) is 8.97. The fraction of sp³-hybridized carbons (Fsp3) is 0.882. The second-order valence-corrected chi connectivity index (χ2v) is 6.31. The molecule has 1 unspecified atom stereocenters. The van der Waals surface area contributed by atoms with Crippen molar-refractivity contribution in [3.8, 4) is 0 Å². The monoisotopic (exact) mass is 454 g/mol. The number of nitrogens with zero attached hydrogens (tertiary/aromatic N) is 2. The van der Waals surface area contributed by atoms with Crippen LogP contribution in [0.1, 0.15) is 51.9 Å². The smallest absolute Gasteiger partial charge is 0.243 e. The van der Waals surface area contributed by atoms with Gasteiger partial charge in [-0.05, 0) is 25.7 Å². The zero-order valence-corrected chi connectivity index (χ0v) is 17.8. The van der Waals surface area contributed by atoms with E-state index in [-0.39, 0.29) is 42.5 Å². The Morgan fingerprint density at radius 2 is 2.00 bits per heavy atom. The van der Waals surface area contributed by atoms with Crippen molar-refractivity contribution in [2.45, 2.75) is 58.0 Å². The van der Waals surface area contributed by atoms with Crippen LogP contribution in [0, 0.1) is 0 Å². The molecule has 1 aliphatic rings. The molecule has 1 amide bonds. The van der Waals surface area contributed by atoms with Gasteiger partial charge in [-0.2, -0.15) is 0 Å². The van der Waals surface area contributed by atoms with Crippen LogP contribution in [0.4, 0.5) is 0 Å². The summed E-state index contributed by atoms with van der Waals surface area (Å²) in [6.45, 7) is 4.86. The maximum absolute atomic E-state index is 11.7. The molecule has 0 aromatic rings. The van der Waals surface area contributed by atoms with E-state index in [4.69, 9.17) is 4.74 Å². The lowest BCUT2D eigenvalue weighted by atomic mass is 10.1. The van der Waals surface area contributed by atoms with E-state index in [1.165, 1.54) is 25.7 Å². The number of hydrogen-bond donors (Lipinski definition) is 2. The number of halogens is 1. The lowest BCUT2D eigenvalue weighted by Crippen LogP contribution is -2.43. The number of rotatable bonds is 9. The molecular formula is C17H35IN4O2. The zero-order valence-electron chi connectivity index (χ0n) is 15.5. The minimum absolute atomic E-state index is 0. The Labute approximate surface area is 164 Å². The van der Waals surface area contributed by atoms with Crippen LogP contribution in [-0.2, 0) is 9.53 Å². The molecule has 0 saturated carbocycles. The number of aliphatic imine (C=N–C) groups is 1. The molecule has 142 valence electrons. The topological polar surface area (TPSA) is 66.0 Å². The van der Waals surface area contributed by atoms with Crippen molar-refractivity contribution in [2.24, 2.45) is 4.99 Å². The van der Waals surface area contributed by atoms with E-state index < -0.39 is 0 Å². The average molecular weight is 454 g/mol. The second kappa shape index (κ2) is 14.7. The number of carbonyl (C=O) groups excluding carboxylic acids is 1. The summed E-state index contributed by atoms with van der Waals surface area (Å²) < 4.78 is 5.73. The van der Waals surface area contributed by atoms with Gasteiger partial charge in [0.15, 0.2) is 5.96 Å². The van der Waals surface area contributed by atoms with E-state index in [2.05, 4.69) is 22.5 Å². The number of ether oxygens (including phenoxy) is 1. The van der Waals surface area contributed by atoms with Gasteiger partial charge in [0.05, 0.1) is 6.10 Å². The Morgan fingerprint density at radius 1 is 1.21 bits per heavy atom. The van der Waals surface area contributed by atoms with E-state index >= 15 is 0 Å². The van der Waals surface area contributed by atoms with Gasteiger partial charge in [-0.3, -0.25) is 4.79 Å².